The van der Waals surface area contributed by atoms with E-state index in [1.54, 1.807) is 11.1 Å². The molecule has 0 amide bonds. The minimum Gasteiger partial charge on any atom is -0.344 e. The lowest BCUT2D eigenvalue weighted by Gasteiger charge is -2.25. The molecule has 1 heteroatoms. The highest BCUT2D eigenvalue weighted by molar-refractivity contribution is 5.93. The highest BCUT2D eigenvalue weighted by Gasteiger charge is 2.20. The van der Waals surface area contributed by atoms with Gasteiger partial charge in [-0.2, -0.15) is 0 Å². The smallest absolute Gasteiger partial charge is 0.0146 e. The fraction of sp³-hybridized carbons (Fsp3) is 0.222. The van der Waals surface area contributed by atoms with Gasteiger partial charge in [-0.25, -0.2) is 0 Å². The summed E-state index contributed by atoms with van der Waals surface area (Å²) in [5.41, 5.74) is 6.21. The summed E-state index contributed by atoms with van der Waals surface area (Å²) in [6.45, 7) is 0. The maximum Gasteiger partial charge on any atom is -0.0146 e. The number of allylic oxidation sites excluding steroid dienone is 4. The minimum absolute atomic E-state index is 0. The number of aryl methyl sites for hydroxylation is 1. The van der Waals surface area contributed by atoms with Gasteiger partial charge in [0.05, 0.1) is 0 Å². The Kier molecular flexibility index (Phi) is 3.00. The molecule has 0 spiro atoms. The van der Waals surface area contributed by atoms with E-state index in [2.05, 4.69) is 48.6 Å². The summed E-state index contributed by atoms with van der Waals surface area (Å²) in [5, 5.41) is 2.82. The van der Waals surface area contributed by atoms with Gasteiger partial charge in [-0.15, -0.1) is 0 Å². The van der Waals surface area contributed by atoms with Crippen molar-refractivity contribution in [1.29, 1.82) is 0 Å². The molecule has 96 valence electrons. The molecule has 0 unspecified atom stereocenters. The van der Waals surface area contributed by atoms with E-state index in [0.717, 1.165) is 0 Å². The number of benzene rings is 2. The summed E-state index contributed by atoms with van der Waals surface area (Å²) >= 11 is 0. The second-order valence-electron chi connectivity index (χ2n) is 5.27. The summed E-state index contributed by atoms with van der Waals surface area (Å²) in [6, 6.07) is 13.4. The molecule has 1 nitrogen and oxygen atoms in total. The molecule has 2 aromatic rings. The number of hydrogen-bond acceptors (Lipinski definition) is 1. The molecule has 0 saturated carbocycles. The maximum absolute atomic E-state index is 2.34. The Labute approximate surface area is 114 Å². The zero-order valence-electron chi connectivity index (χ0n) is 11.2. The molecule has 0 saturated heterocycles. The molecule has 0 heterocycles. The quantitative estimate of drug-likeness (QED) is 0.696. The highest BCUT2D eigenvalue weighted by Crippen LogP contribution is 2.39. The van der Waals surface area contributed by atoms with Crippen LogP contribution in [0, 0.1) is 0 Å². The van der Waals surface area contributed by atoms with E-state index in [0.29, 0.717) is 0 Å². The van der Waals surface area contributed by atoms with Gasteiger partial charge in [-0.3, -0.25) is 0 Å². The van der Waals surface area contributed by atoms with Gasteiger partial charge >= 0.3 is 0 Å². The van der Waals surface area contributed by atoms with Crippen molar-refractivity contribution in [2.24, 2.45) is 0 Å². The molecule has 3 N–H and O–H groups in total. The normalized spacial score (nSPS) is 16.8. The Bertz CT molecular complexity index is 692. The molecule has 0 radical (unpaired) electrons. The van der Waals surface area contributed by atoms with E-state index < -0.39 is 0 Å². The zero-order valence-corrected chi connectivity index (χ0v) is 11.2. The van der Waals surface area contributed by atoms with Crippen LogP contribution in [0.4, 0.5) is 0 Å². The van der Waals surface area contributed by atoms with Crippen LogP contribution in [-0.2, 0) is 6.42 Å². The van der Waals surface area contributed by atoms with Crippen LogP contribution in [0.15, 0.2) is 54.1 Å². The van der Waals surface area contributed by atoms with Gasteiger partial charge in [0.15, 0.2) is 0 Å². The standard InChI is InChI=1S/C18H16.H3N/c1-3-7-15-13(5-1)9-11-18-16-8-4-2-6-14(16)10-12-17(15)18;/h1,3-5,7-9,11H,2,6,10,12H2;1H3. The highest BCUT2D eigenvalue weighted by atomic mass is 14.2. The van der Waals surface area contributed by atoms with E-state index in [4.69, 9.17) is 0 Å². The third kappa shape index (κ3) is 1.82. The van der Waals surface area contributed by atoms with Crippen molar-refractivity contribution in [3.63, 3.8) is 0 Å². The minimum atomic E-state index is 0. The van der Waals surface area contributed by atoms with Gasteiger partial charge in [-0.1, -0.05) is 54.1 Å². The van der Waals surface area contributed by atoms with Gasteiger partial charge in [-0.05, 0) is 53.2 Å². The van der Waals surface area contributed by atoms with Crippen molar-refractivity contribution in [3.05, 3.63) is 65.3 Å². The zero-order chi connectivity index (χ0) is 11.9. The lowest BCUT2D eigenvalue weighted by Crippen LogP contribution is -2.06. The fourth-order valence-corrected chi connectivity index (χ4v) is 3.38. The molecule has 19 heavy (non-hydrogen) atoms. The summed E-state index contributed by atoms with van der Waals surface area (Å²) in [5.74, 6) is 0. The molecule has 2 aromatic carbocycles. The molecule has 0 aliphatic heterocycles. The van der Waals surface area contributed by atoms with Gasteiger partial charge in [0.1, 0.15) is 0 Å². The molecule has 4 rings (SSSR count). The summed E-state index contributed by atoms with van der Waals surface area (Å²) < 4.78 is 0. The molecule has 2 aliphatic carbocycles. The van der Waals surface area contributed by atoms with E-state index >= 15 is 0 Å². The Hall–Kier alpha value is -1.86. The molecule has 0 atom stereocenters. The first-order valence-corrected chi connectivity index (χ1v) is 6.83. The average molecular weight is 249 g/mol. The van der Waals surface area contributed by atoms with Crippen LogP contribution in [0.5, 0.6) is 0 Å². The SMILES string of the molecule is C1=CC2=C(CC1)CCc1c2ccc2ccccc12.N. The number of fused-ring (bicyclic) bond motifs is 4. The van der Waals surface area contributed by atoms with Crippen LogP contribution in [0.25, 0.3) is 16.3 Å². The average Bonchev–Trinajstić information content (AvgIpc) is 2.46. The Morgan fingerprint density at radius 1 is 0.842 bits per heavy atom. The first-order chi connectivity index (χ1) is 8.93. The van der Waals surface area contributed by atoms with Crippen LogP contribution in [0.3, 0.4) is 0 Å². The van der Waals surface area contributed by atoms with E-state index in [1.165, 1.54) is 47.6 Å². The molecule has 0 bridgehead atoms. The maximum atomic E-state index is 2.34. The van der Waals surface area contributed by atoms with Gasteiger partial charge in [0.25, 0.3) is 0 Å². The third-order valence-corrected chi connectivity index (χ3v) is 4.29. The second kappa shape index (κ2) is 4.67. The van der Waals surface area contributed by atoms with Crippen molar-refractivity contribution < 1.29 is 0 Å². The van der Waals surface area contributed by atoms with Crippen LogP contribution in [-0.4, -0.2) is 0 Å². The van der Waals surface area contributed by atoms with Crippen molar-refractivity contribution in [2.75, 3.05) is 0 Å². The summed E-state index contributed by atoms with van der Waals surface area (Å²) in [7, 11) is 0. The predicted molar refractivity (Wildman–Crippen MR) is 82.6 cm³/mol. The van der Waals surface area contributed by atoms with Gasteiger partial charge < -0.3 is 6.15 Å². The number of hydrogen-bond donors (Lipinski definition) is 1. The lowest BCUT2D eigenvalue weighted by molar-refractivity contribution is 0.831. The van der Waals surface area contributed by atoms with Gasteiger partial charge in [0.2, 0.25) is 0 Å². The van der Waals surface area contributed by atoms with Crippen molar-refractivity contribution in [3.8, 4) is 0 Å². The Morgan fingerprint density at radius 3 is 2.68 bits per heavy atom. The van der Waals surface area contributed by atoms with E-state index in [1.807, 2.05) is 0 Å². The molecular formula is C18H19N. The third-order valence-electron chi connectivity index (χ3n) is 4.29. The molecule has 2 aliphatic rings. The molecule has 0 fully saturated rings. The van der Waals surface area contributed by atoms with Crippen LogP contribution >= 0.6 is 0 Å². The first kappa shape index (κ1) is 12.2. The largest absolute Gasteiger partial charge is 0.344 e. The topological polar surface area (TPSA) is 35.0 Å². The summed E-state index contributed by atoms with van der Waals surface area (Å²) in [6.07, 6.45) is 9.61. The lowest BCUT2D eigenvalue weighted by atomic mass is 9.80. The number of rotatable bonds is 0. The Morgan fingerprint density at radius 2 is 1.74 bits per heavy atom. The van der Waals surface area contributed by atoms with Crippen molar-refractivity contribution in [1.82, 2.24) is 6.15 Å². The van der Waals surface area contributed by atoms with Crippen LogP contribution < -0.4 is 6.15 Å². The molecule has 0 aromatic heterocycles. The van der Waals surface area contributed by atoms with Crippen LogP contribution in [0.2, 0.25) is 0 Å². The second-order valence-corrected chi connectivity index (χ2v) is 5.27. The first-order valence-electron chi connectivity index (χ1n) is 6.83. The fourth-order valence-electron chi connectivity index (χ4n) is 3.38. The van der Waals surface area contributed by atoms with Crippen molar-refractivity contribution in [2.45, 2.75) is 25.7 Å². The Balaban J connectivity index is 0.00000110. The van der Waals surface area contributed by atoms with Crippen LogP contribution in [0.1, 0.15) is 30.4 Å². The molecular weight excluding hydrogens is 230 g/mol. The van der Waals surface area contributed by atoms with E-state index in [9.17, 15) is 0 Å². The van der Waals surface area contributed by atoms with Gasteiger partial charge in [0, 0.05) is 0 Å². The van der Waals surface area contributed by atoms with Crippen molar-refractivity contribution >= 4 is 16.3 Å². The monoisotopic (exact) mass is 249 g/mol. The summed E-state index contributed by atoms with van der Waals surface area (Å²) in [4.78, 5) is 0. The predicted octanol–water partition coefficient (Wildman–Crippen LogP) is 5.05. The van der Waals surface area contributed by atoms with E-state index in [-0.39, 0.29) is 6.15 Å².